The molecule has 0 saturated carbocycles. The molecule has 3 heterocycles. The number of ether oxygens (including phenoxy) is 1. The van der Waals surface area contributed by atoms with Crippen LogP contribution in [0.5, 0.6) is 5.88 Å². The van der Waals surface area contributed by atoms with Gasteiger partial charge < -0.3 is 9.84 Å². The van der Waals surface area contributed by atoms with Crippen LogP contribution in [-0.4, -0.2) is 40.8 Å². The third kappa shape index (κ3) is 3.58. The third-order valence-corrected chi connectivity index (χ3v) is 5.38. The summed E-state index contributed by atoms with van der Waals surface area (Å²) in [5, 5.41) is 11.0. The van der Waals surface area contributed by atoms with E-state index in [1.807, 2.05) is 0 Å². The van der Waals surface area contributed by atoms with Crippen molar-refractivity contribution in [3.8, 4) is 5.88 Å². The normalized spacial score (nSPS) is 11.4. The second-order valence-electron chi connectivity index (χ2n) is 7.54. The highest BCUT2D eigenvalue weighted by atomic mass is 19.1. The van der Waals surface area contributed by atoms with Crippen molar-refractivity contribution in [1.29, 1.82) is 0 Å². The zero-order chi connectivity index (χ0) is 24.0. The molecule has 172 valence electrons. The first kappa shape index (κ1) is 22.0. The number of hydrogen-bond donors (Lipinski definition) is 1. The van der Waals surface area contributed by atoms with Gasteiger partial charge in [0.25, 0.3) is 11.1 Å². The second-order valence-corrected chi connectivity index (χ2v) is 7.54. The van der Waals surface area contributed by atoms with Crippen molar-refractivity contribution in [3.63, 3.8) is 0 Å². The molecule has 0 aliphatic carbocycles. The molecule has 0 bridgehead atoms. The van der Waals surface area contributed by atoms with E-state index in [4.69, 9.17) is 4.74 Å². The predicted octanol–water partition coefficient (Wildman–Crippen LogP) is 0.0452. The lowest BCUT2D eigenvalue weighted by Crippen LogP contribution is -2.38. The number of hydrogen-bond acceptors (Lipinski definition) is 7. The number of rotatable bonds is 5. The molecule has 4 rings (SSSR count). The molecule has 33 heavy (non-hydrogen) atoms. The Morgan fingerprint density at radius 1 is 1.09 bits per heavy atom. The standard InChI is InChI=1S/C21H20FN5O6/c1-11(28)33-9-8-14-17(29)26(10-12-4-6-13(22)7-5-12)20-23-16-15(27(20)18(14)30)19(31)25(3)21(32)24(16)2/h4-7,29H,8-10H2,1-3H3. The van der Waals surface area contributed by atoms with Gasteiger partial charge in [-0.05, 0) is 17.7 Å². The van der Waals surface area contributed by atoms with Gasteiger partial charge in [0.1, 0.15) is 5.82 Å². The van der Waals surface area contributed by atoms with Gasteiger partial charge in [-0.3, -0.25) is 28.1 Å². The number of carbonyl (C=O) groups excluding carboxylic acids is 1. The van der Waals surface area contributed by atoms with Crippen molar-refractivity contribution in [1.82, 2.24) is 23.1 Å². The zero-order valence-corrected chi connectivity index (χ0v) is 18.0. The van der Waals surface area contributed by atoms with Gasteiger partial charge in [-0.25, -0.2) is 13.6 Å². The van der Waals surface area contributed by atoms with E-state index in [0.29, 0.717) is 5.56 Å². The van der Waals surface area contributed by atoms with Crippen molar-refractivity contribution in [2.75, 3.05) is 6.61 Å². The zero-order valence-electron chi connectivity index (χ0n) is 18.0. The number of benzene rings is 1. The average Bonchev–Trinajstić information content (AvgIpc) is 3.18. The molecule has 0 atom stereocenters. The predicted molar refractivity (Wildman–Crippen MR) is 115 cm³/mol. The average molecular weight is 457 g/mol. The Morgan fingerprint density at radius 2 is 1.76 bits per heavy atom. The fourth-order valence-electron chi connectivity index (χ4n) is 3.68. The van der Waals surface area contributed by atoms with Crippen LogP contribution in [0.3, 0.4) is 0 Å². The van der Waals surface area contributed by atoms with Crippen LogP contribution in [-0.2, 0) is 36.6 Å². The number of imidazole rings is 1. The van der Waals surface area contributed by atoms with Crippen LogP contribution in [0.2, 0.25) is 0 Å². The minimum Gasteiger partial charge on any atom is -0.494 e. The van der Waals surface area contributed by atoms with Crippen LogP contribution in [0.4, 0.5) is 4.39 Å². The number of esters is 1. The van der Waals surface area contributed by atoms with Gasteiger partial charge in [0.2, 0.25) is 11.7 Å². The van der Waals surface area contributed by atoms with Crippen LogP contribution < -0.4 is 16.8 Å². The van der Waals surface area contributed by atoms with E-state index in [9.17, 15) is 28.7 Å². The minimum absolute atomic E-state index is 0.0198. The summed E-state index contributed by atoms with van der Waals surface area (Å²) < 4.78 is 22.6. The van der Waals surface area contributed by atoms with E-state index >= 15 is 0 Å². The van der Waals surface area contributed by atoms with E-state index in [1.54, 1.807) is 0 Å². The van der Waals surface area contributed by atoms with E-state index in [2.05, 4.69) is 4.98 Å². The Morgan fingerprint density at radius 3 is 2.39 bits per heavy atom. The van der Waals surface area contributed by atoms with Gasteiger partial charge in [0, 0.05) is 27.4 Å². The van der Waals surface area contributed by atoms with Crippen molar-refractivity contribution in [2.24, 2.45) is 14.1 Å². The first-order valence-electron chi connectivity index (χ1n) is 9.92. The third-order valence-electron chi connectivity index (χ3n) is 5.38. The lowest BCUT2D eigenvalue weighted by Gasteiger charge is -2.15. The molecule has 1 aromatic carbocycles. The van der Waals surface area contributed by atoms with Crippen molar-refractivity contribution in [3.05, 3.63) is 72.4 Å². The molecule has 0 aliphatic rings. The lowest BCUT2D eigenvalue weighted by molar-refractivity contribution is -0.140. The fraction of sp³-hybridized carbons (Fsp3) is 0.286. The fourth-order valence-corrected chi connectivity index (χ4v) is 3.68. The Labute approximate surface area is 184 Å². The molecule has 3 aromatic heterocycles. The molecule has 0 aliphatic heterocycles. The Kier molecular flexibility index (Phi) is 5.36. The van der Waals surface area contributed by atoms with Gasteiger partial charge in [-0.2, -0.15) is 4.98 Å². The van der Waals surface area contributed by atoms with Crippen LogP contribution in [0.1, 0.15) is 18.1 Å². The minimum atomic E-state index is -0.734. The molecule has 4 aromatic rings. The number of fused-ring (bicyclic) bond motifs is 3. The van der Waals surface area contributed by atoms with Crippen molar-refractivity contribution >= 4 is 22.9 Å². The molecule has 12 heteroatoms. The van der Waals surface area contributed by atoms with Gasteiger partial charge in [-0.1, -0.05) is 12.1 Å². The first-order chi connectivity index (χ1) is 15.6. The van der Waals surface area contributed by atoms with Gasteiger partial charge in [-0.15, -0.1) is 0 Å². The Hall–Kier alpha value is -4.22. The second kappa shape index (κ2) is 8.04. The maximum absolute atomic E-state index is 13.4. The summed E-state index contributed by atoms with van der Waals surface area (Å²) in [5.41, 5.74) is -1.80. The van der Waals surface area contributed by atoms with Gasteiger partial charge in [0.05, 0.1) is 18.7 Å². The van der Waals surface area contributed by atoms with Crippen LogP contribution >= 0.6 is 0 Å². The number of aromatic hydroxyl groups is 1. The Balaban J connectivity index is 2.08. The van der Waals surface area contributed by atoms with Crippen LogP contribution in [0, 0.1) is 5.82 Å². The highest BCUT2D eigenvalue weighted by Gasteiger charge is 2.24. The lowest BCUT2D eigenvalue weighted by atomic mass is 10.2. The highest BCUT2D eigenvalue weighted by Crippen LogP contribution is 2.22. The molecule has 0 amide bonds. The molecule has 0 saturated heterocycles. The van der Waals surface area contributed by atoms with Crippen LogP contribution in [0.25, 0.3) is 16.9 Å². The summed E-state index contributed by atoms with van der Waals surface area (Å²) in [6.45, 7) is 1.01. The van der Waals surface area contributed by atoms with Gasteiger partial charge in [0.15, 0.2) is 11.2 Å². The molecular weight excluding hydrogens is 437 g/mol. The van der Waals surface area contributed by atoms with Crippen molar-refractivity contribution in [2.45, 2.75) is 19.9 Å². The molecule has 0 radical (unpaired) electrons. The summed E-state index contributed by atoms with van der Waals surface area (Å²) in [5.74, 6) is -1.52. The largest absolute Gasteiger partial charge is 0.494 e. The quantitative estimate of drug-likeness (QED) is 0.419. The number of nitrogens with zero attached hydrogens (tertiary/aromatic N) is 5. The molecule has 0 fully saturated rings. The molecule has 1 N–H and O–H groups in total. The number of carbonyl (C=O) groups is 1. The van der Waals surface area contributed by atoms with Gasteiger partial charge >= 0.3 is 11.7 Å². The topological polar surface area (TPSA) is 130 Å². The summed E-state index contributed by atoms with van der Waals surface area (Å²) in [6.07, 6.45) is -0.130. The smallest absolute Gasteiger partial charge is 0.332 e. The van der Waals surface area contributed by atoms with E-state index in [0.717, 1.165) is 13.5 Å². The highest BCUT2D eigenvalue weighted by molar-refractivity contribution is 5.75. The van der Waals surface area contributed by atoms with Crippen LogP contribution in [0.15, 0.2) is 38.6 Å². The first-order valence-corrected chi connectivity index (χ1v) is 9.92. The molecule has 0 unspecified atom stereocenters. The van der Waals surface area contributed by atoms with E-state index in [-0.39, 0.29) is 42.1 Å². The summed E-state index contributed by atoms with van der Waals surface area (Å²) in [4.78, 5) is 54.1. The number of aryl methyl sites for hydroxylation is 1. The molecular formula is C21H20FN5O6. The summed E-state index contributed by atoms with van der Waals surface area (Å²) in [7, 11) is 2.69. The maximum atomic E-state index is 13.4. The Bertz CT molecular complexity index is 1590. The summed E-state index contributed by atoms with van der Waals surface area (Å²) >= 11 is 0. The monoisotopic (exact) mass is 457 g/mol. The maximum Gasteiger partial charge on any atom is 0.332 e. The number of halogens is 1. The van der Waals surface area contributed by atoms with E-state index < -0.39 is 34.5 Å². The van der Waals surface area contributed by atoms with Crippen molar-refractivity contribution < 1.29 is 19.0 Å². The SMILES string of the molecule is CC(=O)OCCc1c(O)n(Cc2ccc(F)cc2)c2nc3c(c(=O)n(C)c(=O)n3C)n2c1=O. The molecule has 11 nitrogen and oxygen atoms in total. The number of aromatic nitrogens is 5. The summed E-state index contributed by atoms with van der Waals surface area (Å²) in [6, 6.07) is 5.49. The molecule has 0 spiro atoms. The van der Waals surface area contributed by atoms with E-state index in [1.165, 1.54) is 49.9 Å².